The van der Waals surface area contributed by atoms with Crippen molar-refractivity contribution in [3.05, 3.63) is 18.2 Å². The Kier molecular flexibility index (Phi) is 11.6. The quantitative estimate of drug-likeness (QED) is 0.304. The maximum Gasteiger partial charge on any atom is 0.193 e. The number of anilines is 1. The molecule has 7 nitrogen and oxygen atoms in total. The van der Waals surface area contributed by atoms with Crippen LogP contribution in [0.25, 0.3) is 0 Å². The normalized spacial score (nSPS) is 16.4. The number of nitrogens with zero attached hydrogens (tertiary/aromatic N) is 2. The van der Waals surface area contributed by atoms with Crippen LogP contribution >= 0.6 is 24.0 Å². The van der Waals surface area contributed by atoms with E-state index in [0.29, 0.717) is 36.0 Å². The molecule has 160 valence electrons. The van der Waals surface area contributed by atoms with Crippen molar-refractivity contribution in [1.82, 2.24) is 4.90 Å². The maximum absolute atomic E-state index is 6.15. The molecule has 1 atom stereocenters. The molecule has 28 heavy (non-hydrogen) atoms. The van der Waals surface area contributed by atoms with Gasteiger partial charge >= 0.3 is 0 Å². The maximum atomic E-state index is 6.15. The van der Waals surface area contributed by atoms with E-state index in [9.17, 15) is 0 Å². The topological polar surface area (TPSA) is 81.3 Å². The molecule has 8 heteroatoms. The number of benzene rings is 1. The summed E-state index contributed by atoms with van der Waals surface area (Å²) in [6, 6.07) is 5.97. The Balaban J connectivity index is 0.00000392. The van der Waals surface area contributed by atoms with Gasteiger partial charge in [-0.25, -0.2) is 0 Å². The minimum atomic E-state index is 0. The predicted octanol–water partition coefficient (Wildman–Crippen LogP) is 3.19. The molecule has 1 unspecified atom stereocenters. The van der Waals surface area contributed by atoms with Crippen molar-refractivity contribution in [2.75, 3.05) is 52.4 Å². The Morgan fingerprint density at radius 2 is 1.82 bits per heavy atom. The fourth-order valence-electron chi connectivity index (χ4n) is 3.60. The third kappa shape index (κ3) is 6.97. The number of nitrogens with two attached hydrogens (primary N) is 1. The lowest BCUT2D eigenvalue weighted by Crippen LogP contribution is -2.48. The van der Waals surface area contributed by atoms with E-state index in [1.807, 2.05) is 18.2 Å². The third-order valence-electron chi connectivity index (χ3n) is 5.21. The average Bonchev–Trinajstić information content (AvgIpc) is 2.71. The number of rotatable bonds is 9. The molecule has 1 aliphatic heterocycles. The summed E-state index contributed by atoms with van der Waals surface area (Å²) in [4.78, 5) is 7.13. The fraction of sp³-hybridized carbons (Fsp3) is 0.650. The molecule has 0 amide bonds. The van der Waals surface area contributed by atoms with Gasteiger partial charge < -0.3 is 25.3 Å². The molecule has 1 heterocycles. The zero-order chi connectivity index (χ0) is 19.6. The first-order chi connectivity index (χ1) is 13.1. The number of ether oxygens (including phenoxy) is 3. The molecule has 0 spiro atoms. The Labute approximate surface area is 186 Å². The Bertz CT molecular complexity index is 605. The SMILES string of the molecule is CCC(CC)C(CN=C(N)Nc1ccc(OC)c(OC)c1)N1CCOCC1.I. The minimum absolute atomic E-state index is 0. The van der Waals surface area contributed by atoms with Crippen LogP contribution < -0.4 is 20.5 Å². The summed E-state index contributed by atoms with van der Waals surface area (Å²) in [7, 11) is 3.23. The van der Waals surface area contributed by atoms with Gasteiger partial charge in [0.25, 0.3) is 0 Å². The van der Waals surface area contributed by atoms with Gasteiger partial charge in [-0.1, -0.05) is 26.7 Å². The molecule has 1 aromatic rings. The van der Waals surface area contributed by atoms with E-state index >= 15 is 0 Å². The number of hydrogen-bond acceptors (Lipinski definition) is 5. The van der Waals surface area contributed by atoms with Crippen LogP contribution in [0, 0.1) is 5.92 Å². The Morgan fingerprint density at radius 3 is 2.39 bits per heavy atom. The van der Waals surface area contributed by atoms with Gasteiger partial charge in [0, 0.05) is 30.9 Å². The Hall–Kier alpha value is -1.26. The molecule has 0 bridgehead atoms. The molecule has 1 saturated heterocycles. The van der Waals surface area contributed by atoms with E-state index in [1.54, 1.807) is 14.2 Å². The minimum Gasteiger partial charge on any atom is -0.493 e. The van der Waals surface area contributed by atoms with Crippen molar-refractivity contribution < 1.29 is 14.2 Å². The van der Waals surface area contributed by atoms with Crippen molar-refractivity contribution in [3.8, 4) is 11.5 Å². The second-order valence-electron chi connectivity index (χ2n) is 6.71. The van der Waals surface area contributed by atoms with Crippen LogP contribution in [0.1, 0.15) is 26.7 Å². The number of guanidine groups is 1. The number of aliphatic imine (C=N–C) groups is 1. The largest absolute Gasteiger partial charge is 0.493 e. The zero-order valence-electron chi connectivity index (χ0n) is 17.4. The standard InChI is InChI=1S/C20H34N4O3.HI/c1-5-15(6-2)17(24-9-11-27-12-10-24)14-22-20(21)23-16-7-8-18(25-3)19(13-16)26-4;/h7-8,13,15,17H,5-6,9-12,14H2,1-4H3,(H3,21,22,23);1H. The lowest BCUT2D eigenvalue weighted by Gasteiger charge is -2.38. The average molecular weight is 506 g/mol. The molecule has 0 radical (unpaired) electrons. The van der Waals surface area contributed by atoms with E-state index in [2.05, 4.69) is 29.1 Å². The summed E-state index contributed by atoms with van der Waals surface area (Å²) < 4.78 is 16.1. The monoisotopic (exact) mass is 506 g/mol. The number of morpholine rings is 1. The first kappa shape index (κ1) is 24.8. The van der Waals surface area contributed by atoms with Gasteiger partial charge in [0.1, 0.15) is 0 Å². The molecule has 2 rings (SSSR count). The zero-order valence-corrected chi connectivity index (χ0v) is 19.8. The molecule has 0 aromatic heterocycles. The number of nitrogens with one attached hydrogen (secondary N) is 1. The van der Waals surface area contributed by atoms with E-state index < -0.39 is 0 Å². The Morgan fingerprint density at radius 1 is 1.18 bits per heavy atom. The van der Waals surface area contributed by atoms with Gasteiger partial charge in [-0.2, -0.15) is 0 Å². The van der Waals surface area contributed by atoms with Gasteiger partial charge in [-0.3, -0.25) is 9.89 Å². The molecule has 3 N–H and O–H groups in total. The molecular weight excluding hydrogens is 471 g/mol. The highest BCUT2D eigenvalue weighted by molar-refractivity contribution is 14.0. The van der Waals surface area contributed by atoms with Crippen molar-refractivity contribution in [2.45, 2.75) is 32.7 Å². The van der Waals surface area contributed by atoms with Gasteiger partial charge in [0.05, 0.1) is 34.0 Å². The predicted molar refractivity (Wildman–Crippen MR) is 125 cm³/mol. The van der Waals surface area contributed by atoms with E-state index in [4.69, 9.17) is 19.9 Å². The van der Waals surface area contributed by atoms with Crippen molar-refractivity contribution in [1.29, 1.82) is 0 Å². The molecule has 1 aromatic carbocycles. The second kappa shape index (κ2) is 13.1. The highest BCUT2D eigenvalue weighted by atomic mass is 127. The van der Waals surface area contributed by atoms with Crippen LogP contribution in [0.5, 0.6) is 11.5 Å². The molecule has 1 aliphatic rings. The number of methoxy groups -OCH3 is 2. The first-order valence-electron chi connectivity index (χ1n) is 9.73. The lowest BCUT2D eigenvalue weighted by molar-refractivity contribution is 0.00398. The van der Waals surface area contributed by atoms with Gasteiger partial charge in [0.2, 0.25) is 0 Å². The molecule has 0 aliphatic carbocycles. The van der Waals surface area contributed by atoms with Crippen LogP contribution in [-0.4, -0.2) is 64.0 Å². The highest BCUT2D eigenvalue weighted by Gasteiger charge is 2.26. The summed E-state index contributed by atoms with van der Waals surface area (Å²) in [6.07, 6.45) is 2.27. The van der Waals surface area contributed by atoms with E-state index in [0.717, 1.165) is 44.8 Å². The highest BCUT2D eigenvalue weighted by Crippen LogP contribution is 2.29. The van der Waals surface area contributed by atoms with E-state index in [-0.39, 0.29) is 24.0 Å². The second-order valence-corrected chi connectivity index (χ2v) is 6.71. The fourth-order valence-corrected chi connectivity index (χ4v) is 3.60. The number of halogens is 1. The molecular formula is C20H35IN4O3. The van der Waals surface area contributed by atoms with E-state index in [1.165, 1.54) is 0 Å². The summed E-state index contributed by atoms with van der Waals surface area (Å²) in [6.45, 7) is 8.67. The van der Waals surface area contributed by atoms with Crippen LogP contribution in [0.4, 0.5) is 5.69 Å². The third-order valence-corrected chi connectivity index (χ3v) is 5.21. The van der Waals surface area contributed by atoms with Gasteiger partial charge in [0.15, 0.2) is 17.5 Å². The van der Waals surface area contributed by atoms with Crippen molar-refractivity contribution >= 4 is 35.6 Å². The van der Waals surface area contributed by atoms with Gasteiger partial charge in [-0.15, -0.1) is 24.0 Å². The first-order valence-corrected chi connectivity index (χ1v) is 9.73. The van der Waals surface area contributed by atoms with Crippen molar-refractivity contribution in [2.24, 2.45) is 16.6 Å². The summed E-state index contributed by atoms with van der Waals surface area (Å²) in [5.74, 6) is 2.34. The van der Waals surface area contributed by atoms with Crippen LogP contribution in [0.3, 0.4) is 0 Å². The molecule has 1 fully saturated rings. The van der Waals surface area contributed by atoms with Crippen molar-refractivity contribution in [3.63, 3.8) is 0 Å². The summed E-state index contributed by atoms with van der Waals surface area (Å²) in [5, 5.41) is 3.15. The van der Waals surface area contributed by atoms with Crippen LogP contribution in [-0.2, 0) is 4.74 Å². The van der Waals surface area contributed by atoms with Crippen LogP contribution in [0.2, 0.25) is 0 Å². The summed E-state index contributed by atoms with van der Waals surface area (Å²) in [5.41, 5.74) is 6.97. The molecule has 0 saturated carbocycles. The number of hydrogen-bond donors (Lipinski definition) is 2. The summed E-state index contributed by atoms with van der Waals surface area (Å²) >= 11 is 0. The van der Waals surface area contributed by atoms with Crippen LogP contribution in [0.15, 0.2) is 23.2 Å². The smallest absolute Gasteiger partial charge is 0.193 e. The lowest BCUT2D eigenvalue weighted by atomic mass is 9.92. The van der Waals surface area contributed by atoms with Gasteiger partial charge in [-0.05, 0) is 18.1 Å².